The minimum Gasteiger partial charge on any atom is -0.293 e. The molecule has 0 N–H and O–H groups in total. The van der Waals surface area contributed by atoms with Gasteiger partial charge in [-0.15, -0.1) is 0 Å². The molecule has 19 heavy (non-hydrogen) atoms. The Balaban J connectivity index is 2.49. The van der Waals surface area contributed by atoms with Gasteiger partial charge in [-0.3, -0.25) is 4.90 Å². The zero-order chi connectivity index (χ0) is 13.7. The lowest BCUT2D eigenvalue weighted by Gasteiger charge is -2.27. The van der Waals surface area contributed by atoms with Gasteiger partial charge in [-0.1, -0.05) is 60.7 Å². The largest absolute Gasteiger partial charge is 0.293 e. The number of hydrogen-bond donors (Lipinski definition) is 0. The van der Waals surface area contributed by atoms with Crippen LogP contribution in [0.5, 0.6) is 0 Å². The highest BCUT2D eigenvalue weighted by Gasteiger charge is 2.26. The second kappa shape index (κ2) is 6.17. The molecular weight excluding hydrogens is 232 g/mol. The average Bonchev–Trinajstić information content (AvgIpc) is 2.46. The molecule has 0 fully saturated rings. The van der Waals surface area contributed by atoms with Crippen molar-refractivity contribution < 1.29 is 0 Å². The Morgan fingerprint density at radius 2 is 1.26 bits per heavy atom. The Morgan fingerprint density at radius 3 is 1.58 bits per heavy atom. The molecule has 2 rings (SSSR count). The zero-order valence-corrected chi connectivity index (χ0v) is 11.3. The average molecular weight is 250 g/mol. The van der Waals surface area contributed by atoms with Crippen LogP contribution in [0.2, 0.25) is 0 Å². The Bertz CT molecular complexity index is 501. The van der Waals surface area contributed by atoms with Crippen molar-refractivity contribution in [2.24, 2.45) is 0 Å². The summed E-state index contributed by atoms with van der Waals surface area (Å²) in [7, 11) is 3.90. The highest BCUT2D eigenvalue weighted by molar-refractivity contribution is 5.36. The van der Waals surface area contributed by atoms with Crippen molar-refractivity contribution in [2.75, 3.05) is 14.1 Å². The lowest BCUT2D eigenvalue weighted by molar-refractivity contribution is 0.325. The molecule has 1 unspecified atom stereocenters. The second-order valence-corrected chi connectivity index (χ2v) is 4.84. The molecule has 0 saturated heterocycles. The van der Waals surface area contributed by atoms with E-state index in [1.165, 1.54) is 11.1 Å². The van der Waals surface area contributed by atoms with E-state index in [0.717, 1.165) is 0 Å². The van der Waals surface area contributed by atoms with Gasteiger partial charge >= 0.3 is 0 Å². The summed E-state index contributed by atoms with van der Waals surface area (Å²) < 4.78 is 0. The first kappa shape index (κ1) is 13.3. The lowest BCUT2D eigenvalue weighted by atomic mass is 9.85. The van der Waals surface area contributed by atoms with Gasteiger partial charge in [0.25, 0.3) is 0 Å². The fraction of sp³-hybridized carbons (Fsp3) is 0.235. The third kappa shape index (κ3) is 3.01. The predicted octanol–water partition coefficient (Wildman–Crippen LogP) is 3.27. The molecular formula is C17H18N2. The van der Waals surface area contributed by atoms with Gasteiger partial charge in [0, 0.05) is 5.92 Å². The molecule has 0 radical (unpaired) electrons. The molecule has 0 aliphatic heterocycles. The molecule has 0 bridgehead atoms. The van der Waals surface area contributed by atoms with Crippen molar-refractivity contribution in [3.8, 4) is 6.07 Å². The van der Waals surface area contributed by atoms with Crippen LogP contribution in [0.1, 0.15) is 17.0 Å². The minimum atomic E-state index is -0.176. The van der Waals surface area contributed by atoms with E-state index in [2.05, 4.69) is 30.3 Å². The van der Waals surface area contributed by atoms with Crippen LogP contribution in [0.15, 0.2) is 60.7 Å². The Hall–Kier alpha value is -2.11. The number of hydrogen-bond acceptors (Lipinski definition) is 2. The first-order chi connectivity index (χ1) is 9.24. The maximum Gasteiger partial charge on any atom is 0.108 e. The molecule has 0 amide bonds. The summed E-state index contributed by atoms with van der Waals surface area (Å²) in [5, 5.41) is 9.50. The van der Waals surface area contributed by atoms with E-state index >= 15 is 0 Å². The van der Waals surface area contributed by atoms with Crippen LogP contribution in [0.25, 0.3) is 0 Å². The minimum absolute atomic E-state index is 0.0717. The van der Waals surface area contributed by atoms with Crippen molar-refractivity contribution in [1.29, 1.82) is 5.26 Å². The van der Waals surface area contributed by atoms with Crippen molar-refractivity contribution in [2.45, 2.75) is 12.0 Å². The van der Waals surface area contributed by atoms with E-state index in [-0.39, 0.29) is 12.0 Å². The maximum atomic E-state index is 9.50. The summed E-state index contributed by atoms with van der Waals surface area (Å²) in [5.74, 6) is 0.0717. The third-order valence-corrected chi connectivity index (χ3v) is 3.32. The van der Waals surface area contributed by atoms with Crippen LogP contribution in [-0.4, -0.2) is 25.0 Å². The summed E-state index contributed by atoms with van der Waals surface area (Å²) in [4.78, 5) is 1.98. The standard InChI is InChI=1S/C17H18N2/c1-19(2)16(13-18)17(14-9-5-3-6-10-14)15-11-7-4-8-12-15/h3-12,16-17H,1-2H3. The molecule has 96 valence electrons. The first-order valence-corrected chi connectivity index (χ1v) is 6.40. The Morgan fingerprint density at radius 1 is 0.842 bits per heavy atom. The summed E-state index contributed by atoms with van der Waals surface area (Å²) in [5.41, 5.74) is 2.35. The molecule has 0 aliphatic rings. The van der Waals surface area contributed by atoms with Gasteiger partial charge in [0.15, 0.2) is 0 Å². The van der Waals surface area contributed by atoms with Crippen LogP contribution in [-0.2, 0) is 0 Å². The summed E-state index contributed by atoms with van der Waals surface area (Å²) in [6.45, 7) is 0. The number of likely N-dealkylation sites (N-methyl/N-ethyl adjacent to an activating group) is 1. The van der Waals surface area contributed by atoms with Gasteiger partial charge in [0.2, 0.25) is 0 Å². The maximum absolute atomic E-state index is 9.50. The van der Waals surface area contributed by atoms with Gasteiger partial charge in [-0.2, -0.15) is 5.26 Å². The van der Waals surface area contributed by atoms with E-state index in [1.54, 1.807) is 0 Å². The second-order valence-electron chi connectivity index (χ2n) is 4.84. The smallest absolute Gasteiger partial charge is 0.108 e. The van der Waals surface area contributed by atoms with Crippen LogP contribution in [0.4, 0.5) is 0 Å². The van der Waals surface area contributed by atoms with Crippen molar-refractivity contribution in [3.05, 3.63) is 71.8 Å². The fourth-order valence-corrected chi connectivity index (χ4v) is 2.37. The fourth-order valence-electron chi connectivity index (χ4n) is 2.37. The predicted molar refractivity (Wildman–Crippen MR) is 77.8 cm³/mol. The number of benzene rings is 2. The summed E-state index contributed by atoms with van der Waals surface area (Å²) >= 11 is 0. The van der Waals surface area contributed by atoms with Gasteiger partial charge in [-0.25, -0.2) is 0 Å². The number of rotatable bonds is 4. The third-order valence-electron chi connectivity index (χ3n) is 3.32. The molecule has 0 aromatic heterocycles. The van der Waals surface area contributed by atoms with E-state index in [4.69, 9.17) is 0 Å². The molecule has 2 aromatic carbocycles. The topological polar surface area (TPSA) is 27.0 Å². The molecule has 0 spiro atoms. The lowest BCUT2D eigenvalue weighted by Crippen LogP contribution is -2.33. The highest BCUT2D eigenvalue weighted by Crippen LogP contribution is 2.29. The molecule has 1 atom stereocenters. The van der Waals surface area contributed by atoms with Crippen LogP contribution in [0, 0.1) is 11.3 Å². The number of nitriles is 1. The first-order valence-electron chi connectivity index (χ1n) is 6.40. The molecule has 2 heteroatoms. The van der Waals surface area contributed by atoms with E-state index in [1.807, 2.05) is 55.4 Å². The molecule has 0 heterocycles. The quantitative estimate of drug-likeness (QED) is 0.832. The van der Waals surface area contributed by atoms with Gasteiger partial charge in [0.05, 0.1) is 6.07 Å². The van der Waals surface area contributed by atoms with E-state index in [0.29, 0.717) is 0 Å². The van der Waals surface area contributed by atoms with Gasteiger partial charge < -0.3 is 0 Å². The van der Waals surface area contributed by atoms with E-state index in [9.17, 15) is 5.26 Å². The SMILES string of the molecule is CN(C)C(C#N)C(c1ccccc1)c1ccccc1. The van der Waals surface area contributed by atoms with Crippen LogP contribution >= 0.6 is 0 Å². The summed E-state index contributed by atoms with van der Waals surface area (Å²) in [6, 6.07) is 22.7. The van der Waals surface area contributed by atoms with Crippen molar-refractivity contribution >= 4 is 0 Å². The van der Waals surface area contributed by atoms with Crippen molar-refractivity contribution in [1.82, 2.24) is 4.90 Å². The Kier molecular flexibility index (Phi) is 4.33. The molecule has 2 nitrogen and oxygen atoms in total. The van der Waals surface area contributed by atoms with Crippen LogP contribution < -0.4 is 0 Å². The Labute approximate surface area is 114 Å². The monoisotopic (exact) mass is 250 g/mol. The van der Waals surface area contributed by atoms with Crippen LogP contribution in [0.3, 0.4) is 0 Å². The molecule has 2 aromatic rings. The normalized spacial score (nSPS) is 12.4. The zero-order valence-electron chi connectivity index (χ0n) is 11.3. The highest BCUT2D eigenvalue weighted by atomic mass is 15.1. The van der Waals surface area contributed by atoms with Crippen molar-refractivity contribution in [3.63, 3.8) is 0 Å². The molecule has 0 saturated carbocycles. The summed E-state index contributed by atoms with van der Waals surface area (Å²) in [6.07, 6.45) is 0. The van der Waals surface area contributed by atoms with E-state index < -0.39 is 0 Å². The number of nitrogens with zero attached hydrogens (tertiary/aromatic N) is 2. The van der Waals surface area contributed by atoms with Gasteiger partial charge in [0.1, 0.15) is 6.04 Å². The van der Waals surface area contributed by atoms with Gasteiger partial charge in [-0.05, 0) is 25.2 Å². The molecule has 0 aliphatic carbocycles.